The number of aliphatic carboxylic acids is 1. The number of hydrogen-bond acceptors (Lipinski definition) is 3. The van der Waals surface area contributed by atoms with Crippen LogP contribution in [0.5, 0.6) is 0 Å². The molecule has 0 bridgehead atoms. The van der Waals surface area contributed by atoms with E-state index in [1.54, 1.807) is 11.3 Å². The zero-order valence-corrected chi connectivity index (χ0v) is 8.86. The second-order valence-corrected chi connectivity index (χ2v) is 5.16. The van der Waals surface area contributed by atoms with Crippen molar-refractivity contribution in [2.75, 3.05) is 0 Å². The van der Waals surface area contributed by atoms with Gasteiger partial charge in [-0.05, 0) is 37.8 Å². The molecule has 3 nitrogen and oxygen atoms in total. The van der Waals surface area contributed by atoms with Gasteiger partial charge in [0.1, 0.15) is 5.54 Å². The highest BCUT2D eigenvalue weighted by Crippen LogP contribution is 2.38. The quantitative estimate of drug-likeness (QED) is 0.742. The van der Waals surface area contributed by atoms with Gasteiger partial charge in [0.05, 0.1) is 0 Å². The Hall–Kier alpha value is -0.870. The number of nitrogens with two attached hydrogens (primary N) is 1. The highest BCUT2D eigenvalue weighted by atomic mass is 32.1. The summed E-state index contributed by atoms with van der Waals surface area (Å²) in [4.78, 5) is 13.4. The minimum atomic E-state index is -1.14. The lowest BCUT2D eigenvalue weighted by Gasteiger charge is -2.29. The van der Waals surface area contributed by atoms with E-state index in [0.717, 1.165) is 28.2 Å². The van der Waals surface area contributed by atoms with Crippen LogP contribution in [0.25, 0.3) is 0 Å². The first kappa shape index (κ1) is 9.68. The smallest absolute Gasteiger partial charge is 0.328 e. The Bertz CT molecular complexity index is 385. The summed E-state index contributed by atoms with van der Waals surface area (Å²) in [5.74, 6) is -0.906. The van der Waals surface area contributed by atoms with Gasteiger partial charge in [-0.3, -0.25) is 0 Å². The van der Waals surface area contributed by atoms with Gasteiger partial charge in [0.25, 0.3) is 0 Å². The van der Waals surface area contributed by atoms with Crippen molar-refractivity contribution in [2.24, 2.45) is 5.73 Å². The van der Waals surface area contributed by atoms with Crippen molar-refractivity contribution in [3.63, 3.8) is 0 Å². The van der Waals surface area contributed by atoms with Crippen molar-refractivity contribution in [3.05, 3.63) is 21.4 Å². The monoisotopic (exact) mass is 211 g/mol. The summed E-state index contributed by atoms with van der Waals surface area (Å²) in [7, 11) is 0. The normalized spacial score (nSPS) is 25.9. The molecule has 1 atom stereocenters. The van der Waals surface area contributed by atoms with Crippen molar-refractivity contribution >= 4 is 17.3 Å². The van der Waals surface area contributed by atoms with Crippen molar-refractivity contribution in [1.82, 2.24) is 0 Å². The molecular weight excluding hydrogens is 198 g/mol. The predicted molar refractivity (Wildman–Crippen MR) is 55.5 cm³/mol. The fourth-order valence-electron chi connectivity index (χ4n) is 2.01. The van der Waals surface area contributed by atoms with Crippen LogP contribution >= 0.6 is 11.3 Å². The SMILES string of the molecule is Cc1cc2c(s1)CCCC2(N)C(=O)O. The molecule has 0 aliphatic heterocycles. The van der Waals surface area contributed by atoms with E-state index in [1.165, 1.54) is 0 Å². The number of thiophene rings is 1. The van der Waals surface area contributed by atoms with Gasteiger partial charge in [-0.15, -0.1) is 11.3 Å². The number of carboxylic acids is 1. The van der Waals surface area contributed by atoms with Crippen LogP contribution in [-0.4, -0.2) is 11.1 Å². The molecule has 1 aliphatic carbocycles. The van der Waals surface area contributed by atoms with Crippen LogP contribution in [0.3, 0.4) is 0 Å². The molecule has 76 valence electrons. The average Bonchev–Trinajstić information content (AvgIpc) is 2.47. The first-order valence-electron chi connectivity index (χ1n) is 4.66. The molecule has 4 heteroatoms. The van der Waals surface area contributed by atoms with E-state index in [0.29, 0.717) is 6.42 Å². The number of hydrogen-bond donors (Lipinski definition) is 2. The molecule has 1 unspecified atom stereocenters. The van der Waals surface area contributed by atoms with Gasteiger partial charge in [-0.25, -0.2) is 4.79 Å². The van der Waals surface area contributed by atoms with E-state index in [9.17, 15) is 4.79 Å². The largest absolute Gasteiger partial charge is 0.480 e. The number of fused-ring (bicyclic) bond motifs is 1. The summed E-state index contributed by atoms with van der Waals surface area (Å²) in [5.41, 5.74) is 5.63. The van der Waals surface area contributed by atoms with Crippen molar-refractivity contribution in [1.29, 1.82) is 0 Å². The Morgan fingerprint density at radius 1 is 1.71 bits per heavy atom. The van der Waals surface area contributed by atoms with Crippen LogP contribution in [-0.2, 0) is 16.8 Å². The molecule has 3 N–H and O–H groups in total. The topological polar surface area (TPSA) is 63.3 Å². The van der Waals surface area contributed by atoms with Crippen LogP contribution in [0.2, 0.25) is 0 Å². The molecule has 1 aliphatic rings. The van der Waals surface area contributed by atoms with E-state index in [2.05, 4.69) is 0 Å². The second kappa shape index (κ2) is 3.07. The summed E-state index contributed by atoms with van der Waals surface area (Å²) in [6.45, 7) is 1.99. The number of rotatable bonds is 1. The molecule has 0 spiro atoms. The molecule has 0 amide bonds. The highest BCUT2D eigenvalue weighted by molar-refractivity contribution is 7.12. The zero-order chi connectivity index (χ0) is 10.3. The third-order valence-electron chi connectivity index (χ3n) is 2.77. The molecule has 2 rings (SSSR count). The highest BCUT2D eigenvalue weighted by Gasteiger charge is 2.40. The molecule has 0 saturated carbocycles. The summed E-state index contributed by atoms with van der Waals surface area (Å²) >= 11 is 1.67. The number of aryl methyl sites for hydroxylation is 2. The van der Waals surface area contributed by atoms with Gasteiger partial charge in [0.2, 0.25) is 0 Å². The molecular formula is C10H13NO2S. The fourth-order valence-corrected chi connectivity index (χ4v) is 3.17. The fraction of sp³-hybridized carbons (Fsp3) is 0.500. The molecule has 14 heavy (non-hydrogen) atoms. The Morgan fingerprint density at radius 3 is 3.07 bits per heavy atom. The number of carbonyl (C=O) groups is 1. The van der Waals surface area contributed by atoms with Gasteiger partial charge in [-0.2, -0.15) is 0 Å². The maximum absolute atomic E-state index is 11.1. The van der Waals surface area contributed by atoms with E-state index in [1.807, 2.05) is 13.0 Å². The molecule has 1 heterocycles. The van der Waals surface area contributed by atoms with Crippen LogP contribution in [0.1, 0.15) is 28.2 Å². The zero-order valence-electron chi connectivity index (χ0n) is 8.04. The first-order chi connectivity index (χ1) is 6.54. The van der Waals surface area contributed by atoms with Crippen molar-refractivity contribution < 1.29 is 9.90 Å². The van der Waals surface area contributed by atoms with Gasteiger partial charge in [0.15, 0.2) is 0 Å². The van der Waals surface area contributed by atoms with Gasteiger partial charge < -0.3 is 10.8 Å². The van der Waals surface area contributed by atoms with Crippen molar-refractivity contribution in [3.8, 4) is 0 Å². The maximum Gasteiger partial charge on any atom is 0.328 e. The van der Waals surface area contributed by atoms with Gasteiger partial charge >= 0.3 is 5.97 Å². The Balaban J connectivity index is 2.54. The molecule has 0 fully saturated rings. The maximum atomic E-state index is 11.1. The van der Waals surface area contributed by atoms with Crippen LogP contribution in [0.4, 0.5) is 0 Å². The van der Waals surface area contributed by atoms with Crippen LogP contribution < -0.4 is 5.73 Å². The lowest BCUT2D eigenvalue weighted by molar-refractivity contribution is -0.144. The second-order valence-electron chi connectivity index (χ2n) is 3.82. The summed E-state index contributed by atoms with van der Waals surface area (Å²) in [6, 6.07) is 1.92. The van der Waals surface area contributed by atoms with Crippen molar-refractivity contribution in [2.45, 2.75) is 31.7 Å². The predicted octanol–water partition coefficient (Wildman–Crippen LogP) is 1.63. The third-order valence-corrected chi connectivity index (χ3v) is 3.88. The first-order valence-corrected chi connectivity index (χ1v) is 5.48. The Kier molecular flexibility index (Phi) is 2.12. The Morgan fingerprint density at radius 2 is 2.43 bits per heavy atom. The van der Waals surface area contributed by atoms with Gasteiger partial charge in [-0.1, -0.05) is 0 Å². The molecule has 0 saturated heterocycles. The van der Waals surface area contributed by atoms with E-state index >= 15 is 0 Å². The standard InChI is InChI=1S/C10H13NO2S/c1-6-5-7-8(14-6)3-2-4-10(7,11)9(12)13/h5H,2-4,11H2,1H3,(H,12,13). The molecule has 1 aromatic rings. The van der Waals surface area contributed by atoms with Gasteiger partial charge in [0, 0.05) is 9.75 Å². The lowest BCUT2D eigenvalue weighted by atomic mass is 9.81. The Labute approximate surface area is 86.6 Å². The molecule has 1 aromatic heterocycles. The van der Waals surface area contributed by atoms with Crippen LogP contribution in [0, 0.1) is 6.92 Å². The minimum Gasteiger partial charge on any atom is -0.480 e. The lowest BCUT2D eigenvalue weighted by Crippen LogP contribution is -2.46. The van der Waals surface area contributed by atoms with Crippen LogP contribution in [0.15, 0.2) is 6.07 Å². The summed E-state index contributed by atoms with van der Waals surface area (Å²) in [6.07, 6.45) is 2.39. The summed E-state index contributed by atoms with van der Waals surface area (Å²) < 4.78 is 0. The van der Waals surface area contributed by atoms with E-state index in [4.69, 9.17) is 10.8 Å². The van der Waals surface area contributed by atoms with E-state index < -0.39 is 11.5 Å². The molecule has 0 radical (unpaired) electrons. The average molecular weight is 211 g/mol. The van der Waals surface area contributed by atoms with E-state index in [-0.39, 0.29) is 0 Å². The third kappa shape index (κ3) is 1.26. The minimum absolute atomic E-state index is 0.547. The number of carboxylic acid groups (broad SMARTS) is 1. The molecule has 0 aromatic carbocycles. The summed E-state index contributed by atoms with van der Waals surface area (Å²) in [5, 5.41) is 9.13.